The number of nitrogens with zero attached hydrogens (tertiary/aromatic N) is 5. The van der Waals surface area contributed by atoms with Crippen molar-refractivity contribution in [2.24, 2.45) is 0 Å². The summed E-state index contributed by atoms with van der Waals surface area (Å²) in [5.74, 6) is 0.182. The zero-order chi connectivity index (χ0) is 55.1. The van der Waals surface area contributed by atoms with Gasteiger partial charge < -0.3 is 25.4 Å². The second kappa shape index (κ2) is 29.7. The van der Waals surface area contributed by atoms with Crippen LogP contribution < -0.4 is 10.6 Å². The zero-order valence-corrected chi connectivity index (χ0v) is 46.4. The number of nitrogens with one attached hydrogen (secondary N) is 2. The number of amides is 3. The maximum absolute atomic E-state index is 14.1. The van der Waals surface area contributed by atoms with E-state index in [1.54, 1.807) is 17.3 Å². The maximum atomic E-state index is 14.1. The molecular formula is C66H79N7O5. The van der Waals surface area contributed by atoms with Crippen molar-refractivity contribution >= 4 is 29.3 Å². The standard InChI is InChI=1S/C66H79N7O5/c1-6-8-11-29-62(74)69-58-27-19-21-52(41-58)43-71(48-60-25-15-17-36-67-60)46-56-39-51(35-38-73(65(77)78-66(3,4)5)45-50-31-33-55(34-32-50)54-23-13-10-14-24-54)40-57(64(56)76)47-72(49-61-26-16-18-37-68-61)44-53-22-20-28-59(42-53)70-63(75)30-12-9-7-2/h10,13-28,31-34,36-37,39-42,76H,6-9,11-12,29-30,35,38,43-49H2,1-5H3,(H,69,74)(H,70,75). The molecule has 3 amide bonds. The Kier molecular flexibility index (Phi) is 22.1. The fourth-order valence-corrected chi connectivity index (χ4v) is 9.48. The topological polar surface area (TPSA) is 140 Å². The number of carbonyl (C=O) groups excluding carboxylic acids is 3. The van der Waals surface area contributed by atoms with Crippen LogP contribution in [0.4, 0.5) is 16.2 Å². The summed E-state index contributed by atoms with van der Waals surface area (Å²) in [6.07, 6.45) is 10.4. The molecule has 2 aromatic heterocycles. The van der Waals surface area contributed by atoms with Crippen LogP contribution in [0, 0.1) is 0 Å². The minimum Gasteiger partial charge on any atom is -0.507 e. The summed E-state index contributed by atoms with van der Waals surface area (Å²) in [5, 5.41) is 18.9. The third kappa shape index (κ3) is 19.4. The normalized spacial score (nSPS) is 11.4. The summed E-state index contributed by atoms with van der Waals surface area (Å²) >= 11 is 0. The van der Waals surface area contributed by atoms with Crippen LogP contribution in [0.2, 0.25) is 0 Å². The Balaban J connectivity index is 1.23. The van der Waals surface area contributed by atoms with Gasteiger partial charge in [0.2, 0.25) is 11.8 Å². The van der Waals surface area contributed by atoms with Gasteiger partial charge in [-0.05, 0) is 122 Å². The molecule has 408 valence electrons. The van der Waals surface area contributed by atoms with Gasteiger partial charge in [0, 0.05) is 100 Å². The summed E-state index contributed by atoms with van der Waals surface area (Å²) in [6, 6.07) is 50.4. The van der Waals surface area contributed by atoms with Gasteiger partial charge in [-0.15, -0.1) is 0 Å². The van der Waals surface area contributed by atoms with Crippen molar-refractivity contribution in [3.63, 3.8) is 0 Å². The predicted molar refractivity (Wildman–Crippen MR) is 313 cm³/mol. The van der Waals surface area contributed by atoms with Crippen molar-refractivity contribution in [1.82, 2.24) is 24.7 Å². The van der Waals surface area contributed by atoms with Crippen LogP contribution in [0.5, 0.6) is 5.75 Å². The summed E-state index contributed by atoms with van der Waals surface area (Å²) in [6.45, 7) is 13.3. The Labute approximate surface area is 462 Å². The molecular weight excluding hydrogens is 971 g/mol. The van der Waals surface area contributed by atoms with E-state index in [1.165, 1.54) is 0 Å². The number of unbranched alkanes of at least 4 members (excludes halogenated alkanes) is 4. The molecule has 0 spiro atoms. The first-order valence-electron chi connectivity index (χ1n) is 27.8. The second-order valence-electron chi connectivity index (χ2n) is 21.3. The number of benzene rings is 5. The summed E-state index contributed by atoms with van der Waals surface area (Å²) < 4.78 is 6.03. The van der Waals surface area contributed by atoms with Gasteiger partial charge in [0.05, 0.1) is 11.4 Å². The lowest BCUT2D eigenvalue weighted by Crippen LogP contribution is -2.37. The molecule has 2 heterocycles. The third-order valence-corrected chi connectivity index (χ3v) is 13.3. The van der Waals surface area contributed by atoms with E-state index in [2.05, 4.69) is 94.9 Å². The van der Waals surface area contributed by atoms with Gasteiger partial charge in [0.25, 0.3) is 0 Å². The van der Waals surface area contributed by atoms with Gasteiger partial charge in [-0.3, -0.25) is 29.4 Å². The minimum atomic E-state index is -0.709. The van der Waals surface area contributed by atoms with Crippen molar-refractivity contribution < 1.29 is 24.2 Å². The summed E-state index contributed by atoms with van der Waals surface area (Å²) in [7, 11) is 0. The minimum absolute atomic E-state index is 0.000717. The number of ether oxygens (including phenoxy) is 1. The van der Waals surface area contributed by atoms with Crippen LogP contribution in [-0.4, -0.2) is 59.8 Å². The quantitative estimate of drug-likeness (QED) is 0.0409. The first-order chi connectivity index (χ1) is 37.8. The number of phenolic OH excluding ortho intramolecular Hbond substituents is 1. The Morgan fingerprint density at radius 3 is 1.49 bits per heavy atom. The molecule has 0 unspecified atom stereocenters. The van der Waals surface area contributed by atoms with Crippen molar-refractivity contribution in [3.05, 3.63) is 209 Å². The van der Waals surface area contributed by atoms with Crippen LogP contribution in [-0.2, 0) is 66.6 Å². The van der Waals surface area contributed by atoms with Crippen LogP contribution >= 0.6 is 0 Å². The SMILES string of the molecule is CCCCCC(=O)Nc1cccc(CN(Cc2ccccn2)Cc2cc(CCN(Cc3ccc(-c4ccccc4)cc3)C(=O)OC(C)(C)C)cc(CN(Cc3cccc(NC(=O)CCCCC)c3)Cc3ccccn3)c2O)c1. The fraction of sp³-hybridized carbons (Fsp3) is 0.348. The lowest BCUT2D eigenvalue weighted by molar-refractivity contribution is -0.117. The second-order valence-corrected chi connectivity index (χ2v) is 21.3. The average Bonchev–Trinajstić information content (AvgIpc) is 3.42. The van der Waals surface area contributed by atoms with Gasteiger partial charge >= 0.3 is 6.09 Å². The van der Waals surface area contributed by atoms with E-state index in [4.69, 9.17) is 14.7 Å². The molecule has 0 saturated heterocycles. The van der Waals surface area contributed by atoms with Gasteiger partial charge in [-0.2, -0.15) is 0 Å². The molecule has 5 aromatic carbocycles. The molecule has 0 aliphatic heterocycles. The highest BCUT2D eigenvalue weighted by molar-refractivity contribution is 5.91. The fourth-order valence-electron chi connectivity index (χ4n) is 9.48. The van der Waals surface area contributed by atoms with Crippen molar-refractivity contribution in [2.45, 2.75) is 144 Å². The Morgan fingerprint density at radius 2 is 1.01 bits per heavy atom. The predicted octanol–water partition coefficient (Wildman–Crippen LogP) is 14.3. The number of rotatable bonds is 28. The number of aromatic nitrogens is 2. The highest BCUT2D eigenvalue weighted by atomic mass is 16.6. The van der Waals surface area contributed by atoms with Crippen molar-refractivity contribution in [2.75, 3.05) is 17.2 Å². The summed E-state index contributed by atoms with van der Waals surface area (Å²) in [5.41, 5.74) is 10.1. The number of phenols is 1. The number of hydrogen-bond acceptors (Lipinski definition) is 9. The third-order valence-electron chi connectivity index (χ3n) is 13.3. The lowest BCUT2D eigenvalue weighted by atomic mass is 9.99. The molecule has 12 heteroatoms. The van der Waals surface area contributed by atoms with E-state index in [9.17, 15) is 19.5 Å². The molecule has 12 nitrogen and oxygen atoms in total. The lowest BCUT2D eigenvalue weighted by Gasteiger charge is -2.28. The van der Waals surface area contributed by atoms with Crippen LogP contribution in [0.1, 0.15) is 131 Å². The van der Waals surface area contributed by atoms with Gasteiger partial charge in [-0.1, -0.05) is 143 Å². The van der Waals surface area contributed by atoms with E-state index in [0.29, 0.717) is 71.6 Å². The van der Waals surface area contributed by atoms with Gasteiger partial charge in [0.15, 0.2) is 0 Å². The first kappa shape index (κ1) is 58.0. The summed E-state index contributed by atoms with van der Waals surface area (Å²) in [4.78, 5) is 55.7. The van der Waals surface area contributed by atoms with Crippen LogP contribution in [0.25, 0.3) is 11.1 Å². The molecule has 0 bridgehead atoms. The molecule has 0 aliphatic rings. The van der Waals surface area contributed by atoms with E-state index < -0.39 is 11.7 Å². The van der Waals surface area contributed by atoms with Crippen LogP contribution in [0.15, 0.2) is 164 Å². The van der Waals surface area contributed by atoms with E-state index in [0.717, 1.165) is 106 Å². The number of hydrogen-bond donors (Lipinski definition) is 3. The maximum Gasteiger partial charge on any atom is 0.410 e. The molecule has 0 fully saturated rings. The number of pyridine rings is 2. The first-order valence-corrected chi connectivity index (χ1v) is 27.8. The van der Waals surface area contributed by atoms with E-state index in [1.807, 2.05) is 112 Å². The highest BCUT2D eigenvalue weighted by Crippen LogP contribution is 2.31. The zero-order valence-electron chi connectivity index (χ0n) is 46.4. The smallest absolute Gasteiger partial charge is 0.410 e. The average molecular weight is 1050 g/mol. The van der Waals surface area contributed by atoms with Crippen LogP contribution in [0.3, 0.4) is 0 Å². The highest BCUT2D eigenvalue weighted by Gasteiger charge is 2.24. The Bertz CT molecular complexity index is 2830. The van der Waals surface area contributed by atoms with E-state index in [-0.39, 0.29) is 17.6 Å². The molecule has 0 saturated carbocycles. The number of anilines is 2. The van der Waals surface area contributed by atoms with Crippen molar-refractivity contribution in [3.8, 4) is 16.9 Å². The molecule has 0 atom stereocenters. The molecule has 3 N–H and O–H groups in total. The molecule has 7 aromatic rings. The Hall–Kier alpha value is -7.67. The van der Waals surface area contributed by atoms with Crippen molar-refractivity contribution in [1.29, 1.82) is 0 Å². The molecule has 7 rings (SSSR count). The monoisotopic (exact) mass is 1050 g/mol. The number of aromatic hydroxyl groups is 1. The van der Waals surface area contributed by atoms with E-state index >= 15 is 0 Å². The molecule has 0 aliphatic carbocycles. The Morgan fingerprint density at radius 1 is 0.513 bits per heavy atom. The number of carbonyl (C=O) groups is 3. The molecule has 0 radical (unpaired) electrons. The largest absolute Gasteiger partial charge is 0.507 e. The van der Waals surface area contributed by atoms with Gasteiger partial charge in [-0.25, -0.2) is 4.79 Å². The van der Waals surface area contributed by atoms with Gasteiger partial charge in [0.1, 0.15) is 11.4 Å². The molecule has 78 heavy (non-hydrogen) atoms.